The fraction of sp³-hybridized carbons (Fsp3) is 0.909. The van der Waals surface area contributed by atoms with Gasteiger partial charge >= 0.3 is 5.97 Å². The van der Waals surface area contributed by atoms with E-state index in [2.05, 4.69) is 39.9 Å². The van der Waals surface area contributed by atoms with Gasteiger partial charge in [0.05, 0.1) is 38.1 Å². The van der Waals surface area contributed by atoms with Gasteiger partial charge in [0.2, 0.25) is 0 Å². The molecule has 2 saturated heterocycles. The van der Waals surface area contributed by atoms with Crippen molar-refractivity contribution in [1.82, 2.24) is 0 Å². The van der Waals surface area contributed by atoms with Crippen molar-refractivity contribution in [2.45, 2.75) is 108 Å². The number of carbonyl (C=O) groups excluding carboxylic acids is 1. The summed E-state index contributed by atoms with van der Waals surface area (Å²) in [6.45, 7) is 13.7. The molecule has 0 spiro atoms. The first kappa shape index (κ1) is 24.3. The SMILES string of the molecule is COC(=O)CCC1CC2(CO[Si](C)(C)C(C)(C)C)O[C@@H](C[C@@H](C)C#N)CC[C@@H]2O1. The van der Waals surface area contributed by atoms with Gasteiger partial charge in [0, 0.05) is 18.8 Å². The van der Waals surface area contributed by atoms with E-state index in [1.54, 1.807) is 0 Å². The Morgan fingerprint density at radius 3 is 2.59 bits per heavy atom. The van der Waals surface area contributed by atoms with Crippen LogP contribution in [-0.4, -0.2) is 51.9 Å². The smallest absolute Gasteiger partial charge is 0.305 e. The Hall–Kier alpha value is -0.943. The van der Waals surface area contributed by atoms with E-state index in [0.717, 1.165) is 25.7 Å². The van der Waals surface area contributed by atoms with Gasteiger partial charge in [-0.2, -0.15) is 5.26 Å². The number of fused-ring (bicyclic) bond motifs is 1. The molecule has 2 fully saturated rings. The quantitative estimate of drug-likeness (QED) is 0.418. The van der Waals surface area contributed by atoms with E-state index in [1.807, 2.05) is 6.92 Å². The van der Waals surface area contributed by atoms with Crippen molar-refractivity contribution in [2.24, 2.45) is 5.92 Å². The average Bonchev–Trinajstić information content (AvgIpc) is 3.01. The predicted molar refractivity (Wildman–Crippen MR) is 114 cm³/mol. The normalized spacial score (nSPS) is 31.0. The summed E-state index contributed by atoms with van der Waals surface area (Å²) in [5.74, 6) is -0.246. The van der Waals surface area contributed by atoms with Crippen molar-refractivity contribution >= 4 is 14.3 Å². The number of esters is 1. The molecule has 6 nitrogen and oxygen atoms in total. The van der Waals surface area contributed by atoms with Crippen LogP contribution in [0.25, 0.3) is 0 Å². The lowest BCUT2D eigenvalue weighted by molar-refractivity contribution is -0.183. The molecular weight excluding hydrogens is 386 g/mol. The lowest BCUT2D eigenvalue weighted by atomic mass is 9.85. The molecule has 2 aliphatic rings. The Labute approximate surface area is 177 Å². The Morgan fingerprint density at radius 1 is 1.31 bits per heavy atom. The maximum absolute atomic E-state index is 11.6. The van der Waals surface area contributed by atoms with Gasteiger partial charge in [0.15, 0.2) is 8.32 Å². The van der Waals surface area contributed by atoms with Gasteiger partial charge in [-0.1, -0.05) is 20.8 Å². The minimum atomic E-state index is -1.94. The standard InChI is InChI=1S/C22H39NO5Si/c1-16(14-23)12-17-8-10-19-22(28-17,15-26-29(6,7)21(2,3)4)13-18(27-19)9-11-20(24)25-5/h16-19H,8-13,15H2,1-7H3/t16-,17-,18?,19+,22?/m1/s1. The molecule has 2 unspecified atom stereocenters. The summed E-state index contributed by atoms with van der Waals surface area (Å²) in [7, 11) is -0.528. The second-order valence-corrected chi connectivity index (χ2v) is 15.1. The minimum Gasteiger partial charge on any atom is -0.469 e. The molecule has 0 aromatic heterocycles. The minimum absolute atomic E-state index is 0.0245. The summed E-state index contributed by atoms with van der Waals surface area (Å²) >= 11 is 0. The van der Waals surface area contributed by atoms with E-state index in [1.165, 1.54) is 7.11 Å². The van der Waals surface area contributed by atoms with Crippen LogP contribution < -0.4 is 0 Å². The molecule has 0 radical (unpaired) electrons. The monoisotopic (exact) mass is 425 g/mol. The van der Waals surface area contributed by atoms with Crippen LogP contribution >= 0.6 is 0 Å². The molecule has 0 bridgehead atoms. The summed E-state index contributed by atoms with van der Waals surface area (Å²) in [6, 6.07) is 2.32. The van der Waals surface area contributed by atoms with Crippen molar-refractivity contribution in [3.63, 3.8) is 0 Å². The van der Waals surface area contributed by atoms with Gasteiger partial charge in [-0.15, -0.1) is 0 Å². The number of nitriles is 1. The zero-order chi connectivity index (χ0) is 21.9. The van der Waals surface area contributed by atoms with Crippen LogP contribution in [0, 0.1) is 17.2 Å². The van der Waals surface area contributed by atoms with Crippen molar-refractivity contribution in [2.75, 3.05) is 13.7 Å². The summed E-state index contributed by atoms with van der Waals surface area (Å²) in [6.07, 6.45) is 4.22. The number of hydrogen-bond acceptors (Lipinski definition) is 6. The van der Waals surface area contributed by atoms with E-state index in [0.29, 0.717) is 19.4 Å². The highest BCUT2D eigenvalue weighted by Crippen LogP contribution is 2.46. The van der Waals surface area contributed by atoms with E-state index in [-0.39, 0.29) is 35.2 Å². The fourth-order valence-corrected chi connectivity index (χ4v) is 5.01. The summed E-state index contributed by atoms with van der Waals surface area (Å²) < 4.78 is 24.3. The average molecular weight is 426 g/mol. The highest BCUT2D eigenvalue weighted by molar-refractivity contribution is 6.74. The first-order chi connectivity index (χ1) is 13.4. The van der Waals surface area contributed by atoms with Crippen LogP contribution in [0.1, 0.15) is 66.2 Å². The lowest BCUT2D eigenvalue weighted by Crippen LogP contribution is -2.55. The van der Waals surface area contributed by atoms with Gasteiger partial charge < -0.3 is 18.6 Å². The summed E-state index contributed by atoms with van der Waals surface area (Å²) in [4.78, 5) is 11.6. The van der Waals surface area contributed by atoms with Crippen LogP contribution in [0.4, 0.5) is 0 Å². The molecule has 2 heterocycles. The van der Waals surface area contributed by atoms with Gasteiger partial charge in [-0.25, -0.2) is 0 Å². The van der Waals surface area contributed by atoms with Crippen LogP contribution in [0.3, 0.4) is 0 Å². The van der Waals surface area contributed by atoms with Crippen molar-refractivity contribution in [3.05, 3.63) is 0 Å². The van der Waals surface area contributed by atoms with Crippen LogP contribution in [-0.2, 0) is 23.4 Å². The van der Waals surface area contributed by atoms with E-state index < -0.39 is 13.9 Å². The molecule has 5 atom stereocenters. The maximum Gasteiger partial charge on any atom is 0.305 e. The zero-order valence-electron chi connectivity index (χ0n) is 19.2. The molecule has 0 aromatic carbocycles. The molecule has 0 aromatic rings. The fourth-order valence-electron chi connectivity index (χ4n) is 3.97. The lowest BCUT2D eigenvalue weighted by Gasteiger charge is -2.45. The second kappa shape index (κ2) is 9.46. The van der Waals surface area contributed by atoms with Gasteiger partial charge in [0.25, 0.3) is 0 Å². The van der Waals surface area contributed by atoms with Crippen LogP contribution in [0.5, 0.6) is 0 Å². The number of hydrogen-bond donors (Lipinski definition) is 0. The van der Waals surface area contributed by atoms with E-state index >= 15 is 0 Å². The molecule has 166 valence electrons. The van der Waals surface area contributed by atoms with Gasteiger partial charge in [-0.05, 0) is 50.7 Å². The third-order valence-electron chi connectivity index (χ3n) is 6.89. The van der Waals surface area contributed by atoms with Crippen molar-refractivity contribution in [3.8, 4) is 6.07 Å². The highest BCUT2D eigenvalue weighted by atomic mass is 28.4. The molecule has 0 amide bonds. The Morgan fingerprint density at radius 2 is 2.00 bits per heavy atom. The number of carbonyl (C=O) groups is 1. The zero-order valence-corrected chi connectivity index (χ0v) is 20.2. The van der Waals surface area contributed by atoms with Crippen LogP contribution in [0.15, 0.2) is 0 Å². The van der Waals surface area contributed by atoms with E-state index in [4.69, 9.17) is 18.6 Å². The molecule has 2 aliphatic heterocycles. The molecule has 2 rings (SSSR count). The van der Waals surface area contributed by atoms with Crippen molar-refractivity contribution < 1.29 is 23.4 Å². The number of nitrogens with zero attached hydrogens (tertiary/aromatic N) is 1. The molecule has 7 heteroatoms. The highest BCUT2D eigenvalue weighted by Gasteiger charge is 2.54. The third kappa shape index (κ3) is 6.03. The summed E-state index contributed by atoms with van der Waals surface area (Å²) in [5.41, 5.74) is -0.492. The predicted octanol–water partition coefficient (Wildman–Crippen LogP) is 4.59. The molecule has 0 N–H and O–H groups in total. The first-order valence-electron chi connectivity index (χ1n) is 10.9. The Bertz CT molecular complexity index is 611. The molecule has 0 aliphatic carbocycles. The topological polar surface area (TPSA) is 77.8 Å². The van der Waals surface area contributed by atoms with Crippen LogP contribution in [0.2, 0.25) is 18.1 Å². The van der Waals surface area contributed by atoms with Crippen molar-refractivity contribution in [1.29, 1.82) is 5.26 Å². The Balaban J connectivity index is 2.14. The summed E-state index contributed by atoms with van der Waals surface area (Å²) in [5, 5.41) is 9.33. The third-order valence-corrected chi connectivity index (χ3v) is 11.4. The maximum atomic E-state index is 11.6. The van der Waals surface area contributed by atoms with Gasteiger partial charge in [0.1, 0.15) is 5.60 Å². The Kier molecular flexibility index (Phi) is 7.94. The number of rotatable bonds is 8. The molecule has 29 heavy (non-hydrogen) atoms. The van der Waals surface area contributed by atoms with E-state index in [9.17, 15) is 10.1 Å². The second-order valence-electron chi connectivity index (χ2n) is 10.3. The largest absolute Gasteiger partial charge is 0.469 e. The van der Waals surface area contributed by atoms with Gasteiger partial charge in [-0.3, -0.25) is 4.79 Å². The first-order valence-corrected chi connectivity index (χ1v) is 13.8. The molecule has 0 saturated carbocycles. The molecular formula is C22H39NO5Si. The number of methoxy groups -OCH3 is 1. The number of ether oxygens (including phenoxy) is 3.